The quantitative estimate of drug-likeness (QED) is 0.610. The molecular weight excluding hydrogens is 412 g/mol. The van der Waals surface area contributed by atoms with Crippen LogP contribution in [0.2, 0.25) is 5.02 Å². The number of rotatable bonds is 7. The van der Waals surface area contributed by atoms with E-state index in [0.29, 0.717) is 22.1 Å². The summed E-state index contributed by atoms with van der Waals surface area (Å²) in [6.07, 6.45) is 0. The van der Waals surface area contributed by atoms with Gasteiger partial charge in [0.05, 0.1) is 17.7 Å². The number of nitrogens with zero attached hydrogens (tertiary/aromatic N) is 1. The molecule has 6 nitrogen and oxygen atoms in total. The molecule has 29 heavy (non-hydrogen) atoms. The molecule has 3 rings (SSSR count). The maximum atomic E-state index is 13.2. The summed E-state index contributed by atoms with van der Waals surface area (Å²) in [6, 6.07) is 21.0. The lowest BCUT2D eigenvalue weighted by molar-refractivity contribution is -0.114. The summed E-state index contributed by atoms with van der Waals surface area (Å²) in [6.45, 7) is -0.407. The zero-order chi connectivity index (χ0) is 20.9. The lowest BCUT2D eigenvalue weighted by Crippen LogP contribution is -2.38. The molecule has 1 N–H and O–H groups in total. The molecule has 150 valence electrons. The third kappa shape index (κ3) is 5.07. The van der Waals surface area contributed by atoms with Crippen LogP contribution in [-0.4, -0.2) is 28.0 Å². The molecule has 0 aliphatic carbocycles. The lowest BCUT2D eigenvalue weighted by atomic mass is 10.3. The predicted molar refractivity (Wildman–Crippen MR) is 114 cm³/mol. The number of nitrogens with one attached hydrogen (secondary N) is 1. The van der Waals surface area contributed by atoms with Gasteiger partial charge in [0.2, 0.25) is 5.91 Å². The Morgan fingerprint density at radius 2 is 1.69 bits per heavy atom. The summed E-state index contributed by atoms with van der Waals surface area (Å²) >= 11 is 5.94. The maximum Gasteiger partial charge on any atom is 0.264 e. The zero-order valence-corrected chi connectivity index (χ0v) is 17.2. The second-order valence-electron chi connectivity index (χ2n) is 6.08. The summed E-state index contributed by atoms with van der Waals surface area (Å²) < 4.78 is 32.6. The molecule has 0 spiro atoms. The number of anilines is 2. The first-order chi connectivity index (χ1) is 13.9. The number of amides is 1. The largest absolute Gasteiger partial charge is 0.497 e. The molecule has 0 saturated heterocycles. The fraction of sp³-hybridized carbons (Fsp3) is 0.0952. The monoisotopic (exact) mass is 430 g/mol. The molecule has 0 saturated carbocycles. The first-order valence-corrected chi connectivity index (χ1v) is 10.5. The Morgan fingerprint density at radius 1 is 1.00 bits per heavy atom. The lowest BCUT2D eigenvalue weighted by Gasteiger charge is -2.24. The first kappa shape index (κ1) is 20.7. The summed E-state index contributed by atoms with van der Waals surface area (Å²) in [7, 11) is -2.44. The number of sulfonamides is 1. The number of halogens is 1. The van der Waals surface area contributed by atoms with Crippen molar-refractivity contribution >= 4 is 38.9 Å². The first-order valence-electron chi connectivity index (χ1n) is 8.67. The molecule has 0 unspecified atom stereocenters. The second-order valence-corrected chi connectivity index (χ2v) is 8.38. The van der Waals surface area contributed by atoms with Crippen molar-refractivity contribution in [1.29, 1.82) is 0 Å². The van der Waals surface area contributed by atoms with Crippen molar-refractivity contribution in [3.05, 3.63) is 83.9 Å². The van der Waals surface area contributed by atoms with Crippen molar-refractivity contribution in [3.8, 4) is 5.75 Å². The van der Waals surface area contributed by atoms with Crippen LogP contribution >= 0.6 is 11.6 Å². The van der Waals surface area contributed by atoms with E-state index >= 15 is 0 Å². The van der Waals surface area contributed by atoms with Gasteiger partial charge in [-0.15, -0.1) is 0 Å². The van der Waals surface area contributed by atoms with E-state index in [0.717, 1.165) is 4.31 Å². The Balaban J connectivity index is 1.93. The van der Waals surface area contributed by atoms with Crippen LogP contribution in [0.25, 0.3) is 0 Å². The number of carbonyl (C=O) groups is 1. The topological polar surface area (TPSA) is 75.7 Å². The average Bonchev–Trinajstić information content (AvgIpc) is 2.73. The van der Waals surface area contributed by atoms with Gasteiger partial charge in [-0.1, -0.05) is 35.9 Å². The Kier molecular flexibility index (Phi) is 6.41. The zero-order valence-electron chi connectivity index (χ0n) is 15.6. The van der Waals surface area contributed by atoms with Gasteiger partial charge in [0, 0.05) is 10.7 Å². The number of methoxy groups -OCH3 is 1. The molecule has 0 fully saturated rings. The van der Waals surface area contributed by atoms with Crippen molar-refractivity contribution < 1.29 is 17.9 Å². The van der Waals surface area contributed by atoms with Gasteiger partial charge in [0.25, 0.3) is 10.0 Å². The smallest absolute Gasteiger partial charge is 0.264 e. The highest BCUT2D eigenvalue weighted by Crippen LogP contribution is 2.26. The van der Waals surface area contributed by atoms with Crippen molar-refractivity contribution in [1.82, 2.24) is 0 Å². The number of hydrogen-bond donors (Lipinski definition) is 1. The van der Waals surface area contributed by atoms with Crippen LogP contribution in [0.5, 0.6) is 5.75 Å². The van der Waals surface area contributed by atoms with Crippen LogP contribution < -0.4 is 14.4 Å². The van der Waals surface area contributed by atoms with E-state index in [1.165, 1.54) is 19.2 Å². The molecule has 3 aromatic carbocycles. The predicted octanol–water partition coefficient (Wildman–Crippen LogP) is 4.18. The Bertz CT molecular complexity index is 1090. The van der Waals surface area contributed by atoms with E-state index in [1.807, 2.05) is 0 Å². The van der Waals surface area contributed by atoms with Crippen LogP contribution in [0.4, 0.5) is 11.4 Å². The van der Waals surface area contributed by atoms with Gasteiger partial charge in [-0.05, 0) is 54.6 Å². The minimum atomic E-state index is -3.96. The van der Waals surface area contributed by atoms with Crippen molar-refractivity contribution in [2.45, 2.75) is 4.90 Å². The van der Waals surface area contributed by atoms with E-state index in [1.54, 1.807) is 66.7 Å². The summed E-state index contributed by atoms with van der Waals surface area (Å²) in [5.41, 5.74) is 0.824. The van der Waals surface area contributed by atoms with Gasteiger partial charge in [-0.2, -0.15) is 0 Å². The third-order valence-corrected chi connectivity index (χ3v) is 6.11. The van der Waals surface area contributed by atoms with E-state index in [4.69, 9.17) is 16.3 Å². The van der Waals surface area contributed by atoms with Gasteiger partial charge in [0.15, 0.2) is 0 Å². The van der Waals surface area contributed by atoms with E-state index < -0.39 is 22.5 Å². The van der Waals surface area contributed by atoms with Crippen molar-refractivity contribution in [3.63, 3.8) is 0 Å². The maximum absolute atomic E-state index is 13.2. The molecule has 1 amide bonds. The van der Waals surface area contributed by atoms with Crippen molar-refractivity contribution in [2.75, 3.05) is 23.3 Å². The normalized spacial score (nSPS) is 11.0. The summed E-state index contributed by atoms with van der Waals surface area (Å²) in [5, 5.41) is 3.14. The molecule has 0 aliphatic heterocycles. The molecule has 0 aliphatic rings. The molecule has 0 heterocycles. The van der Waals surface area contributed by atoms with Gasteiger partial charge in [-0.25, -0.2) is 8.42 Å². The number of ether oxygens (including phenoxy) is 1. The molecule has 0 radical (unpaired) electrons. The Labute approximate surface area is 174 Å². The number of hydrogen-bond acceptors (Lipinski definition) is 4. The summed E-state index contributed by atoms with van der Waals surface area (Å²) in [4.78, 5) is 12.7. The molecule has 0 atom stereocenters. The Hall–Kier alpha value is -3.03. The summed E-state index contributed by atoms with van der Waals surface area (Å²) in [5.74, 6) is 0.0804. The second kappa shape index (κ2) is 8.98. The van der Waals surface area contributed by atoms with Gasteiger partial charge in [0.1, 0.15) is 12.3 Å². The Morgan fingerprint density at radius 3 is 2.31 bits per heavy atom. The molecule has 8 heteroatoms. The van der Waals surface area contributed by atoms with E-state index in [9.17, 15) is 13.2 Å². The molecule has 3 aromatic rings. The van der Waals surface area contributed by atoms with Crippen LogP contribution in [0.15, 0.2) is 83.8 Å². The highest BCUT2D eigenvalue weighted by Gasteiger charge is 2.27. The minimum absolute atomic E-state index is 0.0892. The minimum Gasteiger partial charge on any atom is -0.497 e. The van der Waals surface area contributed by atoms with Crippen LogP contribution in [0, 0.1) is 0 Å². The van der Waals surface area contributed by atoms with E-state index in [-0.39, 0.29) is 4.90 Å². The number of carbonyl (C=O) groups excluding carboxylic acids is 1. The highest BCUT2D eigenvalue weighted by atomic mass is 35.5. The molecule has 0 aromatic heterocycles. The van der Waals surface area contributed by atoms with Crippen LogP contribution in [-0.2, 0) is 14.8 Å². The third-order valence-electron chi connectivity index (χ3n) is 4.09. The van der Waals surface area contributed by atoms with Crippen LogP contribution in [0.1, 0.15) is 0 Å². The highest BCUT2D eigenvalue weighted by molar-refractivity contribution is 7.92. The average molecular weight is 431 g/mol. The van der Waals surface area contributed by atoms with Gasteiger partial charge < -0.3 is 10.1 Å². The van der Waals surface area contributed by atoms with E-state index in [2.05, 4.69) is 5.32 Å². The fourth-order valence-electron chi connectivity index (χ4n) is 2.68. The fourth-order valence-corrected chi connectivity index (χ4v) is 4.31. The molecule has 0 bridgehead atoms. The number of benzene rings is 3. The van der Waals surface area contributed by atoms with Crippen molar-refractivity contribution in [2.24, 2.45) is 0 Å². The van der Waals surface area contributed by atoms with Gasteiger partial charge >= 0.3 is 0 Å². The molecular formula is C21H19ClN2O4S. The SMILES string of the molecule is COc1ccc(N(CC(=O)Nc2cccc(Cl)c2)S(=O)(=O)c2ccccc2)cc1. The van der Waals surface area contributed by atoms with Gasteiger partial charge in [-0.3, -0.25) is 9.10 Å². The standard InChI is InChI=1S/C21H19ClN2O4S/c1-28-19-12-10-18(11-13-19)24(29(26,27)20-8-3-2-4-9-20)15-21(25)23-17-7-5-6-16(22)14-17/h2-14H,15H2,1H3,(H,23,25). The van der Waals surface area contributed by atoms with Crippen LogP contribution in [0.3, 0.4) is 0 Å².